The van der Waals surface area contributed by atoms with Crippen molar-refractivity contribution < 1.29 is 9.90 Å². The fourth-order valence-corrected chi connectivity index (χ4v) is 2.16. The molecule has 22 heavy (non-hydrogen) atoms. The maximum atomic E-state index is 11.6. The molecule has 2 rings (SSSR count). The maximum absolute atomic E-state index is 11.6. The van der Waals surface area contributed by atoms with E-state index in [-0.39, 0.29) is 5.91 Å². The van der Waals surface area contributed by atoms with Crippen LogP contribution in [0.5, 0.6) is 0 Å². The Morgan fingerprint density at radius 3 is 2.68 bits per heavy atom. The smallest absolute Gasteiger partial charge is 0.238 e. The van der Waals surface area contributed by atoms with E-state index in [0.717, 1.165) is 5.56 Å². The Balaban J connectivity index is 1.99. The summed E-state index contributed by atoms with van der Waals surface area (Å²) in [5.41, 5.74) is 1.79. The van der Waals surface area contributed by atoms with E-state index in [4.69, 9.17) is 11.6 Å². The van der Waals surface area contributed by atoms with Crippen molar-refractivity contribution in [2.45, 2.75) is 37.9 Å². The van der Waals surface area contributed by atoms with E-state index in [9.17, 15) is 9.90 Å². The second kappa shape index (κ2) is 7.42. The normalized spacial score (nSPS) is 15.1. The van der Waals surface area contributed by atoms with Crippen molar-refractivity contribution in [3.63, 3.8) is 0 Å². The van der Waals surface area contributed by atoms with Crippen molar-refractivity contribution >= 4 is 17.5 Å². The number of benzene rings is 1. The van der Waals surface area contributed by atoms with Crippen molar-refractivity contribution in [1.82, 2.24) is 15.1 Å². The fourth-order valence-electron chi connectivity index (χ4n) is 2.10. The number of amides is 1. The highest BCUT2D eigenvalue weighted by Crippen LogP contribution is 2.17. The molecule has 6 heteroatoms. The molecule has 0 aliphatic rings. The Hall–Kier alpha value is -1.85. The van der Waals surface area contributed by atoms with Crippen LogP contribution in [0, 0.1) is 0 Å². The van der Waals surface area contributed by atoms with E-state index in [0.29, 0.717) is 12.1 Å². The Kier molecular flexibility index (Phi) is 5.57. The number of carbonyl (C=O) groups excluding carboxylic acids is 1. The minimum atomic E-state index is -0.830. The van der Waals surface area contributed by atoms with Gasteiger partial charge in [0.05, 0.1) is 18.8 Å². The summed E-state index contributed by atoms with van der Waals surface area (Å²) < 4.78 is 1.76. The standard InChI is InChI=1S/C16H20ClN3O2/c1-11(17)16(22)19-12(2)15(21)14-8-18-20(10-14)9-13-6-4-3-5-7-13/h3-8,10-12,15,21H,9H2,1-2H3,(H,19,22). The number of rotatable bonds is 6. The van der Waals surface area contributed by atoms with Crippen LogP contribution in [0.15, 0.2) is 42.7 Å². The molecule has 3 atom stereocenters. The van der Waals surface area contributed by atoms with E-state index in [2.05, 4.69) is 10.4 Å². The Labute approximate surface area is 134 Å². The first-order chi connectivity index (χ1) is 10.5. The molecule has 0 saturated heterocycles. The quantitative estimate of drug-likeness (QED) is 0.801. The third-order valence-corrected chi connectivity index (χ3v) is 3.59. The van der Waals surface area contributed by atoms with Crippen LogP contribution in [0.3, 0.4) is 0 Å². The van der Waals surface area contributed by atoms with Gasteiger partial charge in [-0.3, -0.25) is 9.48 Å². The molecule has 2 N–H and O–H groups in total. The summed E-state index contributed by atoms with van der Waals surface area (Å²) in [6.07, 6.45) is 2.56. The van der Waals surface area contributed by atoms with Crippen molar-refractivity contribution in [3.05, 3.63) is 53.9 Å². The highest BCUT2D eigenvalue weighted by atomic mass is 35.5. The SMILES string of the molecule is CC(Cl)C(=O)NC(C)C(O)c1cnn(Cc2ccccc2)c1. The summed E-state index contributed by atoms with van der Waals surface area (Å²) in [4.78, 5) is 11.6. The Morgan fingerprint density at radius 2 is 2.05 bits per heavy atom. The molecule has 0 saturated carbocycles. The number of nitrogens with zero attached hydrogens (tertiary/aromatic N) is 2. The lowest BCUT2D eigenvalue weighted by atomic mass is 10.1. The van der Waals surface area contributed by atoms with Gasteiger partial charge in [0.15, 0.2) is 0 Å². The second-order valence-corrected chi connectivity index (χ2v) is 5.97. The predicted octanol–water partition coefficient (Wildman–Crippen LogP) is 2.10. The fraction of sp³-hybridized carbons (Fsp3) is 0.375. The van der Waals surface area contributed by atoms with Crippen molar-refractivity contribution in [1.29, 1.82) is 0 Å². The molecule has 0 fully saturated rings. The first-order valence-electron chi connectivity index (χ1n) is 7.16. The zero-order valence-electron chi connectivity index (χ0n) is 12.6. The van der Waals surface area contributed by atoms with Gasteiger partial charge >= 0.3 is 0 Å². The van der Waals surface area contributed by atoms with Crippen LogP contribution in [-0.2, 0) is 11.3 Å². The predicted molar refractivity (Wildman–Crippen MR) is 85.7 cm³/mol. The van der Waals surface area contributed by atoms with Gasteiger partial charge in [-0.2, -0.15) is 5.10 Å². The van der Waals surface area contributed by atoms with Gasteiger partial charge in [-0.1, -0.05) is 30.3 Å². The van der Waals surface area contributed by atoms with Crippen LogP contribution in [0.2, 0.25) is 0 Å². The second-order valence-electron chi connectivity index (χ2n) is 5.31. The summed E-state index contributed by atoms with van der Waals surface area (Å²) in [5.74, 6) is -0.301. The lowest BCUT2D eigenvalue weighted by molar-refractivity contribution is -0.121. The number of hydrogen-bond acceptors (Lipinski definition) is 3. The van der Waals surface area contributed by atoms with E-state index in [1.54, 1.807) is 30.9 Å². The average Bonchev–Trinajstić information content (AvgIpc) is 2.95. The third-order valence-electron chi connectivity index (χ3n) is 3.39. The van der Waals surface area contributed by atoms with E-state index < -0.39 is 17.5 Å². The monoisotopic (exact) mass is 321 g/mol. The topological polar surface area (TPSA) is 67.2 Å². The van der Waals surface area contributed by atoms with E-state index >= 15 is 0 Å². The molecule has 1 aromatic heterocycles. The molecule has 0 aliphatic carbocycles. The van der Waals surface area contributed by atoms with Crippen LogP contribution in [0.1, 0.15) is 31.1 Å². The van der Waals surface area contributed by atoms with Crippen LogP contribution >= 0.6 is 11.6 Å². The number of aliphatic hydroxyl groups is 1. The third kappa shape index (κ3) is 4.32. The van der Waals surface area contributed by atoms with Crippen molar-refractivity contribution in [2.75, 3.05) is 0 Å². The molecule has 1 amide bonds. The van der Waals surface area contributed by atoms with Crippen molar-refractivity contribution in [2.24, 2.45) is 0 Å². The largest absolute Gasteiger partial charge is 0.386 e. The summed E-state index contributed by atoms with van der Waals surface area (Å²) in [6, 6.07) is 9.50. The first kappa shape index (κ1) is 16.5. The van der Waals surface area contributed by atoms with Crippen LogP contribution in [0.25, 0.3) is 0 Å². The number of halogens is 1. The summed E-state index contributed by atoms with van der Waals surface area (Å²) in [5, 5.41) is 16.6. The van der Waals surface area contributed by atoms with Gasteiger partial charge in [-0.05, 0) is 19.4 Å². The van der Waals surface area contributed by atoms with Gasteiger partial charge in [0.2, 0.25) is 5.91 Å². The highest BCUT2D eigenvalue weighted by Gasteiger charge is 2.21. The van der Waals surface area contributed by atoms with Gasteiger partial charge in [-0.15, -0.1) is 11.6 Å². The van der Waals surface area contributed by atoms with Gasteiger partial charge in [-0.25, -0.2) is 0 Å². The average molecular weight is 322 g/mol. The van der Waals surface area contributed by atoms with Crippen LogP contribution in [0.4, 0.5) is 0 Å². The first-order valence-corrected chi connectivity index (χ1v) is 7.60. The Bertz CT molecular complexity index is 613. The minimum absolute atomic E-state index is 0.301. The maximum Gasteiger partial charge on any atom is 0.238 e. The molecule has 0 spiro atoms. The molecule has 0 aliphatic heterocycles. The lowest BCUT2D eigenvalue weighted by Gasteiger charge is -2.19. The number of aromatic nitrogens is 2. The molecule has 2 aromatic rings. The lowest BCUT2D eigenvalue weighted by Crippen LogP contribution is -2.40. The molecular formula is C16H20ClN3O2. The zero-order chi connectivity index (χ0) is 16.1. The van der Waals surface area contributed by atoms with Crippen LogP contribution in [-0.4, -0.2) is 32.2 Å². The van der Waals surface area contributed by atoms with Gasteiger partial charge < -0.3 is 10.4 Å². The summed E-state index contributed by atoms with van der Waals surface area (Å²) in [7, 11) is 0. The van der Waals surface area contributed by atoms with Crippen LogP contribution < -0.4 is 5.32 Å². The molecule has 1 heterocycles. The van der Waals surface area contributed by atoms with Gasteiger partial charge in [0.1, 0.15) is 11.5 Å². The molecule has 5 nitrogen and oxygen atoms in total. The van der Waals surface area contributed by atoms with Crippen molar-refractivity contribution in [3.8, 4) is 0 Å². The number of alkyl halides is 1. The van der Waals surface area contributed by atoms with E-state index in [1.807, 2.05) is 30.3 Å². The molecule has 1 aromatic carbocycles. The number of hydrogen-bond donors (Lipinski definition) is 2. The highest BCUT2D eigenvalue weighted by molar-refractivity contribution is 6.30. The number of nitrogens with one attached hydrogen (secondary N) is 1. The van der Waals surface area contributed by atoms with Gasteiger partial charge in [0.25, 0.3) is 0 Å². The Morgan fingerprint density at radius 1 is 1.36 bits per heavy atom. The number of carbonyl (C=O) groups is 1. The minimum Gasteiger partial charge on any atom is -0.386 e. The molecule has 0 bridgehead atoms. The molecule has 0 radical (unpaired) electrons. The summed E-state index contributed by atoms with van der Waals surface area (Å²) in [6.45, 7) is 3.96. The van der Waals surface area contributed by atoms with E-state index in [1.165, 1.54) is 0 Å². The van der Waals surface area contributed by atoms with Gasteiger partial charge in [0, 0.05) is 11.8 Å². The zero-order valence-corrected chi connectivity index (χ0v) is 13.4. The summed E-state index contributed by atoms with van der Waals surface area (Å²) >= 11 is 5.71. The number of aliphatic hydroxyl groups excluding tert-OH is 1. The molecule has 3 unspecified atom stereocenters. The molecule has 118 valence electrons. The molecular weight excluding hydrogens is 302 g/mol.